The van der Waals surface area contributed by atoms with E-state index in [9.17, 15) is 4.79 Å². The lowest BCUT2D eigenvalue weighted by molar-refractivity contribution is -0.165. The van der Waals surface area contributed by atoms with Gasteiger partial charge in [-0.15, -0.1) is 11.3 Å². The normalized spacial score (nSPS) is 20.2. The van der Waals surface area contributed by atoms with Gasteiger partial charge in [0.15, 0.2) is 11.5 Å². The summed E-state index contributed by atoms with van der Waals surface area (Å²) in [6.45, 7) is 2.82. The van der Waals surface area contributed by atoms with Gasteiger partial charge in [0.25, 0.3) is 5.91 Å². The fourth-order valence-corrected chi connectivity index (χ4v) is 4.72. The van der Waals surface area contributed by atoms with Gasteiger partial charge in [-0.3, -0.25) is 4.79 Å². The molecule has 2 atom stereocenters. The number of carbonyl (C=O) groups excluding carboxylic acids is 1. The molecule has 1 fully saturated rings. The Morgan fingerprint density at radius 3 is 2.71 bits per heavy atom. The zero-order chi connectivity index (χ0) is 19.1. The minimum atomic E-state index is -0.506. The highest BCUT2D eigenvalue weighted by atomic mass is 32.1. The molecular weight excluding hydrogens is 374 g/mol. The van der Waals surface area contributed by atoms with Crippen molar-refractivity contribution < 1.29 is 19.0 Å². The first-order valence-corrected chi connectivity index (χ1v) is 10.0. The van der Waals surface area contributed by atoms with E-state index in [1.54, 1.807) is 11.3 Å². The van der Waals surface area contributed by atoms with Gasteiger partial charge in [-0.2, -0.15) is 0 Å². The quantitative estimate of drug-likeness (QED) is 0.606. The lowest BCUT2D eigenvalue weighted by Crippen LogP contribution is -2.60. The first kappa shape index (κ1) is 17.1. The molecule has 5 nitrogen and oxygen atoms in total. The second-order valence-corrected chi connectivity index (χ2v) is 7.87. The fraction of sp³-hybridized carbons (Fsp3) is 0.227. The molecule has 0 aliphatic carbocycles. The number of hydrogen-bond acceptors (Lipinski definition) is 5. The summed E-state index contributed by atoms with van der Waals surface area (Å²) in [6.07, 6.45) is -0.506. The van der Waals surface area contributed by atoms with Crippen LogP contribution in [0.25, 0.3) is 0 Å². The van der Waals surface area contributed by atoms with E-state index in [4.69, 9.17) is 14.2 Å². The molecule has 0 N–H and O–H groups in total. The van der Waals surface area contributed by atoms with E-state index in [0.29, 0.717) is 12.3 Å². The number of carbonyl (C=O) groups is 1. The van der Waals surface area contributed by atoms with Crippen LogP contribution in [-0.2, 0) is 11.3 Å². The summed E-state index contributed by atoms with van der Waals surface area (Å²) in [5, 5.41) is 2.06. The fourth-order valence-electron chi connectivity index (χ4n) is 3.66. The number of para-hydroxylation sites is 1. The molecule has 142 valence electrons. The number of hydrogen-bond donors (Lipinski definition) is 0. The summed E-state index contributed by atoms with van der Waals surface area (Å²) in [4.78, 5) is 16.0. The Bertz CT molecular complexity index is 1020. The van der Waals surface area contributed by atoms with Gasteiger partial charge in [-0.1, -0.05) is 24.3 Å². The molecule has 2 aliphatic rings. The Hall–Kier alpha value is -2.99. The third kappa shape index (κ3) is 2.90. The van der Waals surface area contributed by atoms with Gasteiger partial charge in [0.05, 0.1) is 0 Å². The maximum absolute atomic E-state index is 13.0. The molecule has 1 amide bonds. The van der Waals surface area contributed by atoms with E-state index in [0.717, 1.165) is 17.1 Å². The minimum absolute atomic E-state index is 0.000630. The van der Waals surface area contributed by atoms with Gasteiger partial charge < -0.3 is 19.1 Å². The number of ether oxygens (including phenoxy) is 3. The van der Waals surface area contributed by atoms with Crippen LogP contribution in [0.4, 0.5) is 0 Å². The molecular formula is C22H19NO4S. The molecule has 6 heteroatoms. The molecule has 0 radical (unpaired) electrons. The van der Waals surface area contributed by atoms with Crippen molar-refractivity contribution in [2.45, 2.75) is 25.6 Å². The molecule has 5 rings (SSSR count). The second-order valence-electron chi connectivity index (χ2n) is 6.92. The number of thiophene rings is 1. The van der Waals surface area contributed by atoms with Crippen LogP contribution in [-0.4, -0.2) is 23.7 Å². The number of β-lactam (4-membered cyclic amide) rings is 1. The number of likely N-dealkylation sites (tertiary alicyclic amines) is 1. The van der Waals surface area contributed by atoms with Gasteiger partial charge in [0, 0.05) is 11.4 Å². The Morgan fingerprint density at radius 2 is 1.93 bits per heavy atom. The van der Waals surface area contributed by atoms with Crippen molar-refractivity contribution in [3.63, 3.8) is 0 Å². The monoisotopic (exact) mass is 393 g/mol. The number of aryl methyl sites for hydroxylation is 1. The minimum Gasteiger partial charge on any atom is -0.478 e. The maximum Gasteiger partial charge on any atom is 0.267 e. The summed E-state index contributed by atoms with van der Waals surface area (Å²) >= 11 is 1.67. The summed E-state index contributed by atoms with van der Waals surface area (Å²) in [5.41, 5.74) is 2.19. The van der Waals surface area contributed by atoms with E-state index in [-0.39, 0.29) is 18.7 Å². The van der Waals surface area contributed by atoms with E-state index in [1.165, 1.54) is 10.4 Å². The Balaban J connectivity index is 1.42. The van der Waals surface area contributed by atoms with Gasteiger partial charge >= 0.3 is 0 Å². The van der Waals surface area contributed by atoms with Gasteiger partial charge in [0.1, 0.15) is 11.8 Å². The molecule has 0 spiro atoms. The van der Waals surface area contributed by atoms with Gasteiger partial charge in [0.2, 0.25) is 12.9 Å². The van der Waals surface area contributed by atoms with Crippen molar-refractivity contribution >= 4 is 17.2 Å². The largest absolute Gasteiger partial charge is 0.478 e. The molecule has 3 aromatic rings. The zero-order valence-corrected chi connectivity index (χ0v) is 16.1. The van der Waals surface area contributed by atoms with Gasteiger partial charge in [-0.05, 0) is 53.8 Å². The van der Waals surface area contributed by atoms with Crippen molar-refractivity contribution in [2.24, 2.45) is 0 Å². The first-order valence-electron chi connectivity index (χ1n) is 9.15. The molecule has 0 saturated carbocycles. The van der Waals surface area contributed by atoms with Crippen LogP contribution in [0.2, 0.25) is 0 Å². The highest BCUT2D eigenvalue weighted by Gasteiger charge is 2.51. The first-order chi connectivity index (χ1) is 13.7. The lowest BCUT2D eigenvalue weighted by atomic mass is 9.93. The van der Waals surface area contributed by atoms with Crippen molar-refractivity contribution in [1.82, 2.24) is 4.90 Å². The predicted octanol–water partition coefficient (Wildman–Crippen LogP) is 4.32. The smallest absolute Gasteiger partial charge is 0.267 e. The van der Waals surface area contributed by atoms with Crippen LogP contribution >= 0.6 is 11.3 Å². The Kier molecular flexibility index (Phi) is 4.20. The summed E-state index contributed by atoms with van der Waals surface area (Å²) in [7, 11) is 0. The second kappa shape index (κ2) is 6.87. The average Bonchev–Trinajstić information content (AvgIpc) is 3.36. The summed E-state index contributed by atoms with van der Waals surface area (Å²) < 4.78 is 16.9. The SMILES string of the molecule is Cc1ccsc1[C@@H]1[C@H](Oc2ccccc2)C(=O)N1Cc1ccc2c(c1)OCO2. The topological polar surface area (TPSA) is 48.0 Å². The van der Waals surface area contributed by atoms with Crippen molar-refractivity contribution in [1.29, 1.82) is 0 Å². The zero-order valence-electron chi connectivity index (χ0n) is 15.3. The summed E-state index contributed by atoms with van der Waals surface area (Å²) in [5.74, 6) is 2.18. The molecule has 0 unspecified atom stereocenters. The van der Waals surface area contributed by atoms with Crippen LogP contribution < -0.4 is 14.2 Å². The molecule has 3 heterocycles. The van der Waals surface area contributed by atoms with Crippen LogP contribution in [0, 0.1) is 6.92 Å². The number of nitrogens with zero attached hydrogens (tertiary/aromatic N) is 1. The number of fused-ring (bicyclic) bond motifs is 1. The van der Waals surface area contributed by atoms with Crippen LogP contribution in [0.15, 0.2) is 60.0 Å². The molecule has 2 aromatic carbocycles. The van der Waals surface area contributed by atoms with E-state index in [2.05, 4.69) is 18.4 Å². The highest BCUT2D eigenvalue weighted by molar-refractivity contribution is 7.10. The van der Waals surface area contributed by atoms with Crippen molar-refractivity contribution in [2.75, 3.05) is 6.79 Å². The van der Waals surface area contributed by atoms with E-state index < -0.39 is 6.10 Å². The highest BCUT2D eigenvalue weighted by Crippen LogP contribution is 2.43. The van der Waals surface area contributed by atoms with Crippen molar-refractivity contribution in [3.8, 4) is 17.2 Å². The number of amides is 1. The molecule has 2 aliphatic heterocycles. The van der Waals surface area contributed by atoms with Crippen LogP contribution in [0.5, 0.6) is 17.2 Å². The van der Waals surface area contributed by atoms with Gasteiger partial charge in [-0.25, -0.2) is 0 Å². The molecule has 0 bridgehead atoms. The molecule has 28 heavy (non-hydrogen) atoms. The third-order valence-electron chi connectivity index (χ3n) is 5.12. The Morgan fingerprint density at radius 1 is 1.11 bits per heavy atom. The van der Waals surface area contributed by atoms with E-state index in [1.807, 2.05) is 53.4 Å². The van der Waals surface area contributed by atoms with Crippen LogP contribution in [0.3, 0.4) is 0 Å². The predicted molar refractivity (Wildman–Crippen MR) is 106 cm³/mol. The standard InChI is InChI=1S/C22H19NO4S/c1-14-9-10-28-21(14)19-20(27-16-5-3-2-4-6-16)22(24)23(19)12-15-7-8-17-18(11-15)26-13-25-17/h2-11,19-20H,12-13H2,1H3/t19-,20-/m0/s1. The molecule has 1 aromatic heterocycles. The number of benzene rings is 2. The lowest BCUT2D eigenvalue weighted by Gasteiger charge is -2.46. The summed E-state index contributed by atoms with van der Waals surface area (Å²) in [6, 6.07) is 17.3. The third-order valence-corrected chi connectivity index (χ3v) is 6.21. The Labute approximate surface area is 167 Å². The maximum atomic E-state index is 13.0. The van der Waals surface area contributed by atoms with Crippen LogP contribution in [0.1, 0.15) is 22.0 Å². The average molecular weight is 393 g/mol. The number of rotatable bonds is 5. The van der Waals surface area contributed by atoms with E-state index >= 15 is 0 Å². The van der Waals surface area contributed by atoms with Crippen molar-refractivity contribution in [3.05, 3.63) is 76.0 Å². The molecule has 1 saturated heterocycles.